The van der Waals surface area contributed by atoms with E-state index in [2.05, 4.69) is 135 Å². The van der Waals surface area contributed by atoms with Crippen molar-refractivity contribution in [1.29, 1.82) is 0 Å². The fraction of sp³-hybridized carbons (Fsp3) is 0.662. The van der Waals surface area contributed by atoms with Crippen molar-refractivity contribution in [1.82, 2.24) is 5.32 Å². The molecular weight excluding hydrogens is 1030 g/mol. The van der Waals surface area contributed by atoms with Gasteiger partial charge in [0.05, 0.1) is 25.4 Å². The minimum absolute atomic E-state index is 0.0104. The molecular formula is C71H117NO10. The van der Waals surface area contributed by atoms with Crippen molar-refractivity contribution in [2.24, 2.45) is 0 Å². The van der Waals surface area contributed by atoms with E-state index in [1.54, 1.807) is 6.08 Å². The van der Waals surface area contributed by atoms with Crippen molar-refractivity contribution in [3.8, 4) is 0 Å². The van der Waals surface area contributed by atoms with Gasteiger partial charge in [0.15, 0.2) is 12.4 Å². The molecule has 1 aliphatic heterocycles. The third kappa shape index (κ3) is 44.3. The zero-order valence-corrected chi connectivity index (χ0v) is 51.6. The molecule has 0 aliphatic carbocycles. The Morgan fingerprint density at radius 1 is 0.488 bits per heavy atom. The van der Waals surface area contributed by atoms with Gasteiger partial charge in [-0.1, -0.05) is 257 Å². The highest BCUT2D eigenvalue weighted by atomic mass is 16.7. The standard InChI is InChI=1S/C71H117NO10/c1-4-7-10-13-16-19-22-25-27-29-31-32-33-35-36-38-40-43-46-49-52-55-58-64(75)70(79)72-62(63(74)57-54-51-48-45-42-24-21-18-15-12-9-6-3)61-80-71-69(68(78)67(77)65(60-73)81-71)82-66(76)59-56-53-50-47-44-41-39-37-34-30-28-26-23-20-17-14-11-8-5-2/h8,11,16-17,19-20,25-28,31-32,34-37,41,44,50,53-54,57,62-65,67-69,71,73-75,77-78H,4-7,9-10,12-15,18,21-24,29-30,33,38-40,42-43,45-49,51-52,55-56,58-61H2,1-3H3,(H,72,79)/b11-8-,19-16-,20-17-,27-25-,28-26-,32-31-,36-35-,37-34-,44-41-,53-50-,57-54+. The van der Waals surface area contributed by atoms with E-state index in [1.807, 2.05) is 18.2 Å². The topological polar surface area (TPSA) is 175 Å². The molecule has 11 heteroatoms. The molecule has 11 nitrogen and oxygen atoms in total. The molecule has 1 heterocycles. The van der Waals surface area contributed by atoms with E-state index in [4.69, 9.17) is 14.2 Å². The molecule has 0 aromatic heterocycles. The van der Waals surface area contributed by atoms with Gasteiger partial charge in [0.1, 0.15) is 24.4 Å². The van der Waals surface area contributed by atoms with Crippen LogP contribution >= 0.6 is 0 Å². The SMILES string of the molecule is CC/C=C\C/C=C\C/C=C\C/C=C\C/C=C\C/C=C\CCC(=O)OC1C(OCC(NC(=O)C(O)CCCCCCCC/C=C\C/C=C\C/C=C\C/C=C\CCCCC)C(O)/C=C/CCCCCCCCCCCC)OC(CO)C(O)C1O. The number of esters is 1. The average molecular weight is 1140 g/mol. The summed E-state index contributed by atoms with van der Waals surface area (Å²) in [6.45, 7) is 5.59. The second-order valence-electron chi connectivity index (χ2n) is 21.8. The first-order valence-electron chi connectivity index (χ1n) is 32.5. The van der Waals surface area contributed by atoms with Crippen LogP contribution < -0.4 is 5.32 Å². The van der Waals surface area contributed by atoms with Crippen molar-refractivity contribution in [3.63, 3.8) is 0 Å². The van der Waals surface area contributed by atoms with Gasteiger partial charge >= 0.3 is 5.97 Å². The Morgan fingerprint density at radius 3 is 1.34 bits per heavy atom. The molecule has 1 fully saturated rings. The molecule has 1 rings (SSSR count). The number of hydrogen-bond donors (Lipinski definition) is 6. The van der Waals surface area contributed by atoms with Crippen LogP contribution in [0.5, 0.6) is 0 Å². The van der Waals surface area contributed by atoms with Gasteiger partial charge in [0.25, 0.3) is 0 Å². The molecule has 466 valence electrons. The molecule has 82 heavy (non-hydrogen) atoms. The van der Waals surface area contributed by atoms with Gasteiger partial charge in [-0.3, -0.25) is 9.59 Å². The first kappa shape index (κ1) is 75.8. The highest BCUT2D eigenvalue weighted by Crippen LogP contribution is 2.26. The van der Waals surface area contributed by atoms with Gasteiger partial charge in [-0.05, 0) is 109 Å². The first-order chi connectivity index (χ1) is 40.2. The lowest BCUT2D eigenvalue weighted by molar-refractivity contribution is -0.305. The second kappa shape index (κ2) is 57.2. The van der Waals surface area contributed by atoms with Crippen molar-refractivity contribution in [3.05, 3.63) is 134 Å². The van der Waals surface area contributed by atoms with Crippen LogP contribution in [0.4, 0.5) is 0 Å². The number of carbonyl (C=O) groups is 2. The van der Waals surface area contributed by atoms with Crippen LogP contribution in [0.1, 0.15) is 239 Å². The lowest BCUT2D eigenvalue weighted by atomic mass is 9.99. The number of aliphatic hydroxyl groups is 5. The number of amides is 1. The predicted octanol–water partition coefficient (Wildman–Crippen LogP) is 16.0. The highest BCUT2D eigenvalue weighted by molar-refractivity contribution is 5.80. The van der Waals surface area contributed by atoms with E-state index in [-0.39, 0.29) is 19.4 Å². The maximum absolute atomic E-state index is 13.5. The van der Waals surface area contributed by atoms with Crippen LogP contribution in [0.2, 0.25) is 0 Å². The number of carbonyl (C=O) groups excluding carboxylic acids is 2. The van der Waals surface area contributed by atoms with Crippen LogP contribution in [0.15, 0.2) is 134 Å². The summed E-state index contributed by atoms with van der Waals surface area (Å²) in [5.41, 5.74) is 0. The summed E-state index contributed by atoms with van der Waals surface area (Å²) in [5, 5.41) is 57.0. The molecule has 1 saturated heterocycles. The molecule has 6 N–H and O–H groups in total. The summed E-state index contributed by atoms with van der Waals surface area (Å²) < 4.78 is 17.5. The molecule has 1 aliphatic rings. The Labute approximate surface area is 499 Å². The molecule has 0 saturated carbocycles. The average Bonchev–Trinajstić information content (AvgIpc) is 3.44. The molecule has 8 unspecified atom stereocenters. The van der Waals surface area contributed by atoms with E-state index in [0.717, 1.165) is 116 Å². The Hall–Kier alpha value is -4.20. The van der Waals surface area contributed by atoms with Crippen LogP contribution in [0.3, 0.4) is 0 Å². The van der Waals surface area contributed by atoms with Gasteiger partial charge in [-0.15, -0.1) is 0 Å². The number of rotatable bonds is 53. The van der Waals surface area contributed by atoms with Gasteiger partial charge in [0, 0.05) is 6.42 Å². The van der Waals surface area contributed by atoms with Crippen molar-refractivity contribution in [2.45, 2.75) is 288 Å². The zero-order chi connectivity index (χ0) is 59.6. The Morgan fingerprint density at radius 2 is 0.878 bits per heavy atom. The summed E-state index contributed by atoms with van der Waals surface area (Å²) in [6.07, 6.45) is 70.6. The smallest absolute Gasteiger partial charge is 0.306 e. The molecule has 0 aromatic rings. The molecule has 0 aromatic carbocycles. The Kier molecular flexibility index (Phi) is 52.9. The Balaban J connectivity index is 2.71. The van der Waals surface area contributed by atoms with E-state index >= 15 is 0 Å². The minimum atomic E-state index is -1.66. The Bertz CT molecular complexity index is 1840. The summed E-state index contributed by atoms with van der Waals surface area (Å²) >= 11 is 0. The number of allylic oxidation sites excluding steroid dienone is 21. The monoisotopic (exact) mass is 1140 g/mol. The number of hydrogen-bond acceptors (Lipinski definition) is 10. The van der Waals surface area contributed by atoms with Gasteiger partial charge in [-0.2, -0.15) is 0 Å². The summed E-state index contributed by atoms with van der Waals surface area (Å²) in [5.74, 6) is -1.30. The third-order valence-corrected chi connectivity index (χ3v) is 14.3. The zero-order valence-electron chi connectivity index (χ0n) is 51.6. The van der Waals surface area contributed by atoms with Crippen molar-refractivity contribution < 1.29 is 49.3 Å². The first-order valence-corrected chi connectivity index (χ1v) is 32.5. The van der Waals surface area contributed by atoms with E-state index in [0.29, 0.717) is 19.3 Å². The molecule has 8 atom stereocenters. The van der Waals surface area contributed by atoms with Crippen LogP contribution in [0, 0.1) is 0 Å². The van der Waals surface area contributed by atoms with Crippen molar-refractivity contribution >= 4 is 11.9 Å². The predicted molar refractivity (Wildman–Crippen MR) is 342 cm³/mol. The summed E-state index contributed by atoms with van der Waals surface area (Å²) in [4.78, 5) is 26.6. The lowest BCUT2D eigenvalue weighted by Gasteiger charge is -2.41. The minimum Gasteiger partial charge on any atom is -0.454 e. The number of nitrogens with one attached hydrogen (secondary N) is 1. The summed E-state index contributed by atoms with van der Waals surface area (Å²) in [6, 6.07) is -1.06. The van der Waals surface area contributed by atoms with Gasteiger partial charge in [-0.25, -0.2) is 0 Å². The largest absolute Gasteiger partial charge is 0.454 e. The fourth-order valence-corrected chi connectivity index (χ4v) is 9.19. The number of ether oxygens (including phenoxy) is 3. The lowest BCUT2D eigenvalue weighted by Crippen LogP contribution is -2.61. The molecule has 0 spiro atoms. The van der Waals surface area contributed by atoms with Crippen LogP contribution in [-0.2, 0) is 23.8 Å². The van der Waals surface area contributed by atoms with E-state index in [1.165, 1.54) is 70.6 Å². The van der Waals surface area contributed by atoms with E-state index < -0.39 is 67.4 Å². The maximum atomic E-state index is 13.5. The third-order valence-electron chi connectivity index (χ3n) is 14.3. The highest BCUT2D eigenvalue weighted by Gasteiger charge is 2.47. The molecule has 0 bridgehead atoms. The molecule has 1 amide bonds. The van der Waals surface area contributed by atoms with Crippen LogP contribution in [0.25, 0.3) is 0 Å². The van der Waals surface area contributed by atoms with Gasteiger partial charge < -0.3 is 45.1 Å². The molecule has 0 radical (unpaired) electrons. The fourth-order valence-electron chi connectivity index (χ4n) is 9.19. The number of aliphatic hydroxyl groups excluding tert-OH is 5. The normalized spacial score (nSPS) is 19.5. The van der Waals surface area contributed by atoms with Crippen LogP contribution in [-0.4, -0.2) is 99.6 Å². The second-order valence-corrected chi connectivity index (χ2v) is 21.8. The maximum Gasteiger partial charge on any atom is 0.306 e. The number of unbranched alkanes of at least 4 members (excludes halogenated alkanes) is 19. The quantitative estimate of drug-likeness (QED) is 0.0195. The summed E-state index contributed by atoms with van der Waals surface area (Å²) in [7, 11) is 0. The van der Waals surface area contributed by atoms with E-state index in [9.17, 15) is 35.1 Å². The van der Waals surface area contributed by atoms with Gasteiger partial charge in [0.2, 0.25) is 5.91 Å². The van der Waals surface area contributed by atoms with Crippen molar-refractivity contribution in [2.75, 3.05) is 13.2 Å².